The first-order chi connectivity index (χ1) is 18.1. The van der Waals surface area contributed by atoms with Gasteiger partial charge in [-0.3, -0.25) is 4.79 Å². The zero-order valence-electron chi connectivity index (χ0n) is 22.0. The number of amides is 1. The van der Waals surface area contributed by atoms with Gasteiger partial charge in [-0.1, -0.05) is 24.6 Å². The third-order valence-corrected chi connectivity index (χ3v) is 6.83. The Balaban J connectivity index is 1.54. The monoisotopic (exact) mass is 533 g/mol. The van der Waals surface area contributed by atoms with Crippen molar-refractivity contribution in [2.75, 3.05) is 11.9 Å². The lowest BCUT2D eigenvalue weighted by Crippen LogP contribution is -2.29. The Hall–Kier alpha value is -3.62. The van der Waals surface area contributed by atoms with Crippen LogP contribution >= 0.6 is 11.6 Å². The summed E-state index contributed by atoms with van der Waals surface area (Å²) in [5, 5.41) is 22.1. The number of aromatic nitrogens is 3. The van der Waals surface area contributed by atoms with Gasteiger partial charge in [0.05, 0.1) is 23.2 Å². The quantitative estimate of drug-likeness (QED) is 0.252. The molecule has 38 heavy (non-hydrogen) atoms. The summed E-state index contributed by atoms with van der Waals surface area (Å²) in [6.07, 6.45) is 4.61. The third-order valence-electron chi connectivity index (χ3n) is 6.46. The first-order valence-electron chi connectivity index (χ1n) is 12.8. The number of anilines is 1. The van der Waals surface area contributed by atoms with E-state index in [0.29, 0.717) is 46.1 Å². The second kappa shape index (κ2) is 10.3. The minimum absolute atomic E-state index is 0.0454. The molecular formula is C29H32ClN5O3. The molecule has 0 spiro atoms. The lowest BCUT2D eigenvalue weighted by Gasteiger charge is -2.19. The molecule has 0 aliphatic heterocycles. The van der Waals surface area contributed by atoms with Crippen LogP contribution in [0.25, 0.3) is 16.9 Å². The summed E-state index contributed by atoms with van der Waals surface area (Å²) in [6, 6.07) is 13.3. The molecule has 2 heterocycles. The summed E-state index contributed by atoms with van der Waals surface area (Å²) >= 11 is 6.29. The number of halogens is 1. The van der Waals surface area contributed by atoms with E-state index in [1.807, 2.05) is 44.2 Å². The molecule has 0 unspecified atom stereocenters. The molecular weight excluding hydrogens is 502 g/mol. The van der Waals surface area contributed by atoms with Crippen molar-refractivity contribution >= 4 is 28.8 Å². The molecule has 5 rings (SSSR count). The molecule has 2 aromatic heterocycles. The SMILES string of the molecule is CCc1cc(Oc2cc(NCC(C)(C)O)c3ncc(-c4ccc(C(=O)NC5CC5)c(C)c4)n3n2)ccc1Cl. The molecule has 0 radical (unpaired) electrons. The number of carbonyl (C=O) groups is 1. The van der Waals surface area contributed by atoms with E-state index in [1.54, 1.807) is 36.7 Å². The number of hydrogen-bond donors (Lipinski definition) is 3. The number of carbonyl (C=O) groups excluding carboxylic acids is 1. The summed E-state index contributed by atoms with van der Waals surface area (Å²) in [4.78, 5) is 17.2. The third kappa shape index (κ3) is 5.76. The van der Waals surface area contributed by atoms with Crippen LogP contribution in [-0.2, 0) is 6.42 Å². The van der Waals surface area contributed by atoms with Crippen LogP contribution in [-0.4, -0.2) is 43.8 Å². The van der Waals surface area contributed by atoms with Crippen LogP contribution in [0.3, 0.4) is 0 Å². The van der Waals surface area contributed by atoms with Gasteiger partial charge in [0.2, 0.25) is 5.88 Å². The van der Waals surface area contributed by atoms with Crippen molar-refractivity contribution in [1.82, 2.24) is 19.9 Å². The fraction of sp³-hybridized carbons (Fsp3) is 0.345. The Labute approximate surface area is 227 Å². The number of nitrogens with zero attached hydrogens (tertiary/aromatic N) is 3. The van der Waals surface area contributed by atoms with E-state index >= 15 is 0 Å². The predicted octanol–water partition coefficient (Wildman–Crippen LogP) is 5.79. The average molecular weight is 534 g/mol. The molecule has 9 heteroatoms. The number of fused-ring (bicyclic) bond motifs is 1. The first kappa shape index (κ1) is 26.0. The normalized spacial score (nSPS) is 13.5. The number of imidazole rings is 1. The highest BCUT2D eigenvalue weighted by molar-refractivity contribution is 6.31. The molecule has 198 valence electrons. The number of rotatable bonds is 9. The Morgan fingerprint density at radius 1 is 1.21 bits per heavy atom. The number of benzene rings is 2. The van der Waals surface area contributed by atoms with Crippen LogP contribution in [0.4, 0.5) is 5.69 Å². The zero-order valence-corrected chi connectivity index (χ0v) is 22.8. The van der Waals surface area contributed by atoms with E-state index in [9.17, 15) is 9.90 Å². The minimum Gasteiger partial charge on any atom is -0.437 e. The van der Waals surface area contributed by atoms with Crippen LogP contribution in [0, 0.1) is 6.92 Å². The van der Waals surface area contributed by atoms with Gasteiger partial charge < -0.3 is 20.5 Å². The highest BCUT2D eigenvalue weighted by Crippen LogP contribution is 2.31. The molecule has 0 atom stereocenters. The zero-order chi connectivity index (χ0) is 27.0. The number of aryl methyl sites for hydroxylation is 2. The number of ether oxygens (including phenoxy) is 1. The van der Waals surface area contributed by atoms with Gasteiger partial charge in [0, 0.05) is 34.8 Å². The van der Waals surface area contributed by atoms with Crippen molar-refractivity contribution in [2.24, 2.45) is 0 Å². The van der Waals surface area contributed by atoms with Crippen LogP contribution in [0.15, 0.2) is 48.7 Å². The average Bonchev–Trinajstić information content (AvgIpc) is 3.58. The molecule has 1 amide bonds. The standard InChI is InChI=1S/C29H32ClN5O3/c1-5-18-13-21(9-11-23(18)30)38-26-14-24(32-16-29(3,4)37)27-31-15-25(35(27)34-26)19-6-10-22(17(2)12-19)28(36)33-20-7-8-20/h6,9-15,20,32,37H,5,7-8,16H2,1-4H3,(H,33,36). The lowest BCUT2D eigenvalue weighted by molar-refractivity contribution is 0.0940. The lowest BCUT2D eigenvalue weighted by atomic mass is 10.0. The van der Waals surface area contributed by atoms with Gasteiger partial charge in [-0.15, -0.1) is 5.10 Å². The van der Waals surface area contributed by atoms with E-state index in [2.05, 4.69) is 15.6 Å². The molecule has 8 nitrogen and oxygen atoms in total. The number of aliphatic hydroxyl groups is 1. The summed E-state index contributed by atoms with van der Waals surface area (Å²) in [6.45, 7) is 7.74. The Bertz CT molecular complexity index is 1500. The van der Waals surface area contributed by atoms with E-state index in [4.69, 9.17) is 21.4 Å². The number of nitrogens with one attached hydrogen (secondary N) is 2. The summed E-state index contributed by atoms with van der Waals surface area (Å²) in [5.41, 5.74) is 4.47. The predicted molar refractivity (Wildman–Crippen MR) is 149 cm³/mol. The minimum atomic E-state index is -0.934. The molecule has 4 aromatic rings. The maximum atomic E-state index is 12.6. The van der Waals surface area contributed by atoms with Gasteiger partial charge in [0.25, 0.3) is 5.91 Å². The van der Waals surface area contributed by atoms with Crippen LogP contribution < -0.4 is 15.4 Å². The van der Waals surface area contributed by atoms with E-state index < -0.39 is 5.60 Å². The fourth-order valence-electron chi connectivity index (χ4n) is 4.21. The summed E-state index contributed by atoms with van der Waals surface area (Å²) in [7, 11) is 0. The molecule has 2 aromatic carbocycles. The first-order valence-corrected chi connectivity index (χ1v) is 13.2. The Morgan fingerprint density at radius 2 is 2.00 bits per heavy atom. The second-order valence-electron chi connectivity index (χ2n) is 10.4. The molecule has 1 aliphatic carbocycles. The molecule has 1 fully saturated rings. The highest BCUT2D eigenvalue weighted by atomic mass is 35.5. The van der Waals surface area contributed by atoms with E-state index in [-0.39, 0.29) is 5.91 Å². The van der Waals surface area contributed by atoms with Crippen molar-refractivity contribution in [1.29, 1.82) is 0 Å². The smallest absolute Gasteiger partial charge is 0.251 e. The van der Waals surface area contributed by atoms with Crippen LogP contribution in [0.1, 0.15) is 55.1 Å². The summed E-state index contributed by atoms with van der Waals surface area (Å²) < 4.78 is 7.88. The Kier molecular flexibility index (Phi) is 7.03. The van der Waals surface area contributed by atoms with Gasteiger partial charge in [0.1, 0.15) is 5.75 Å². The van der Waals surface area contributed by atoms with Gasteiger partial charge in [-0.25, -0.2) is 9.50 Å². The molecule has 0 saturated heterocycles. The van der Waals surface area contributed by atoms with E-state index in [0.717, 1.165) is 41.6 Å². The molecule has 1 saturated carbocycles. The van der Waals surface area contributed by atoms with Crippen molar-refractivity contribution in [3.8, 4) is 22.9 Å². The Morgan fingerprint density at radius 3 is 2.68 bits per heavy atom. The second-order valence-corrected chi connectivity index (χ2v) is 10.8. The van der Waals surface area contributed by atoms with Gasteiger partial charge in [-0.2, -0.15) is 0 Å². The molecule has 0 bridgehead atoms. The maximum absolute atomic E-state index is 12.6. The topological polar surface area (TPSA) is 101 Å². The van der Waals surface area contributed by atoms with Crippen molar-refractivity contribution < 1.29 is 14.6 Å². The maximum Gasteiger partial charge on any atom is 0.251 e. The van der Waals surface area contributed by atoms with Gasteiger partial charge in [0.15, 0.2) is 5.65 Å². The van der Waals surface area contributed by atoms with Crippen LogP contribution in [0.5, 0.6) is 11.6 Å². The van der Waals surface area contributed by atoms with Crippen LogP contribution in [0.2, 0.25) is 5.02 Å². The fourth-order valence-corrected chi connectivity index (χ4v) is 4.46. The highest BCUT2D eigenvalue weighted by Gasteiger charge is 2.25. The van der Waals surface area contributed by atoms with Crippen molar-refractivity contribution in [3.05, 3.63) is 70.4 Å². The van der Waals surface area contributed by atoms with Crippen molar-refractivity contribution in [3.63, 3.8) is 0 Å². The molecule has 3 N–H and O–H groups in total. The van der Waals surface area contributed by atoms with Gasteiger partial charge in [-0.05, 0) is 81.5 Å². The molecule has 1 aliphatic rings. The van der Waals surface area contributed by atoms with Crippen molar-refractivity contribution in [2.45, 2.75) is 58.6 Å². The van der Waals surface area contributed by atoms with Gasteiger partial charge >= 0.3 is 0 Å². The largest absolute Gasteiger partial charge is 0.437 e. The van der Waals surface area contributed by atoms with E-state index in [1.165, 1.54) is 0 Å². The number of hydrogen-bond acceptors (Lipinski definition) is 6. The summed E-state index contributed by atoms with van der Waals surface area (Å²) in [5.74, 6) is 0.933.